The minimum Gasteiger partial charge on any atom is -0.466 e. The van der Waals surface area contributed by atoms with Gasteiger partial charge in [-0.05, 0) is 38.0 Å². The van der Waals surface area contributed by atoms with E-state index in [4.69, 9.17) is 0 Å². The first kappa shape index (κ1) is 17.5. The molecule has 1 N–H and O–H groups in total. The van der Waals surface area contributed by atoms with E-state index in [1.54, 1.807) is 6.08 Å². The largest absolute Gasteiger partial charge is 0.466 e. The van der Waals surface area contributed by atoms with Crippen molar-refractivity contribution in [2.75, 3.05) is 7.11 Å². The van der Waals surface area contributed by atoms with E-state index in [0.29, 0.717) is 12.8 Å². The average Bonchev–Trinajstić information content (AvgIpc) is 2.53. The van der Waals surface area contributed by atoms with Crippen LogP contribution in [-0.4, -0.2) is 32.8 Å². The lowest BCUT2D eigenvalue weighted by Gasteiger charge is -2.30. The maximum atomic E-state index is 12.6. The van der Waals surface area contributed by atoms with Crippen LogP contribution < -0.4 is 4.72 Å². The third kappa shape index (κ3) is 5.09. The summed E-state index contributed by atoms with van der Waals surface area (Å²) in [6.07, 6.45) is 11.7. The van der Waals surface area contributed by atoms with Gasteiger partial charge >= 0.3 is 5.97 Å². The summed E-state index contributed by atoms with van der Waals surface area (Å²) in [5, 5.41) is -0.338. The third-order valence-electron chi connectivity index (χ3n) is 4.75. The lowest BCUT2D eigenvalue weighted by atomic mass is 9.88. The summed E-state index contributed by atoms with van der Waals surface area (Å²) in [6.45, 7) is 0. The smallest absolute Gasteiger partial charge is 0.330 e. The molecule has 0 heterocycles. The van der Waals surface area contributed by atoms with Crippen LogP contribution in [0.5, 0.6) is 0 Å². The van der Waals surface area contributed by atoms with Gasteiger partial charge < -0.3 is 4.74 Å². The van der Waals surface area contributed by atoms with Crippen LogP contribution >= 0.6 is 0 Å². The van der Waals surface area contributed by atoms with E-state index in [0.717, 1.165) is 38.5 Å². The van der Waals surface area contributed by atoms with Gasteiger partial charge in [-0.1, -0.05) is 31.8 Å². The number of carbonyl (C=O) groups is 1. The Balaban J connectivity index is 1.92. The van der Waals surface area contributed by atoms with Gasteiger partial charge in [0.1, 0.15) is 0 Å². The van der Waals surface area contributed by atoms with E-state index < -0.39 is 10.0 Å². The fraction of sp³-hybridized carbons (Fsp3) is 0.812. The Kier molecular flexibility index (Phi) is 6.44. The van der Waals surface area contributed by atoms with Crippen molar-refractivity contribution in [3.63, 3.8) is 0 Å². The number of sulfonamides is 1. The lowest BCUT2D eigenvalue weighted by Crippen LogP contribution is -2.43. The maximum absolute atomic E-state index is 12.6. The Labute approximate surface area is 133 Å². The van der Waals surface area contributed by atoms with Crippen LogP contribution in [0, 0.1) is 5.92 Å². The van der Waals surface area contributed by atoms with Crippen molar-refractivity contribution >= 4 is 16.0 Å². The molecule has 126 valence electrons. The number of hydrogen-bond donors (Lipinski definition) is 1. The molecular weight excluding hydrogens is 302 g/mol. The molecule has 0 bridgehead atoms. The van der Waals surface area contributed by atoms with Crippen LogP contribution in [0.2, 0.25) is 0 Å². The lowest BCUT2D eigenvalue weighted by molar-refractivity contribution is -0.134. The van der Waals surface area contributed by atoms with Gasteiger partial charge in [0.05, 0.1) is 12.4 Å². The quantitative estimate of drug-likeness (QED) is 0.621. The van der Waals surface area contributed by atoms with Crippen molar-refractivity contribution in [2.24, 2.45) is 5.92 Å². The Bertz CT molecular complexity index is 494. The van der Waals surface area contributed by atoms with Gasteiger partial charge in [-0.25, -0.2) is 17.9 Å². The SMILES string of the molecule is COC(=O)/C=C/C1CCCC(S(=O)(=O)NC2CCCCC2)C1. The molecule has 0 spiro atoms. The molecule has 2 saturated carbocycles. The Hall–Kier alpha value is -0.880. The fourth-order valence-corrected chi connectivity index (χ4v) is 5.34. The molecule has 0 aliphatic heterocycles. The molecule has 0 aromatic rings. The summed E-state index contributed by atoms with van der Waals surface area (Å²) in [6, 6.07) is 0.115. The number of hydrogen-bond acceptors (Lipinski definition) is 4. The van der Waals surface area contributed by atoms with Crippen molar-refractivity contribution in [2.45, 2.75) is 69.1 Å². The number of ether oxygens (including phenoxy) is 1. The van der Waals surface area contributed by atoms with E-state index in [2.05, 4.69) is 9.46 Å². The molecule has 0 saturated heterocycles. The number of esters is 1. The molecule has 2 aliphatic carbocycles. The van der Waals surface area contributed by atoms with E-state index in [9.17, 15) is 13.2 Å². The third-order valence-corrected chi connectivity index (χ3v) is 6.71. The Morgan fingerprint density at radius 1 is 1.09 bits per heavy atom. The van der Waals surface area contributed by atoms with Gasteiger partial charge in [-0.3, -0.25) is 0 Å². The second-order valence-electron chi connectivity index (χ2n) is 6.43. The van der Waals surface area contributed by atoms with Crippen LogP contribution in [0.1, 0.15) is 57.8 Å². The van der Waals surface area contributed by atoms with Gasteiger partial charge in [0.2, 0.25) is 10.0 Å². The average molecular weight is 329 g/mol. The van der Waals surface area contributed by atoms with E-state index in [1.807, 2.05) is 0 Å². The topological polar surface area (TPSA) is 72.5 Å². The maximum Gasteiger partial charge on any atom is 0.330 e. The summed E-state index contributed by atoms with van der Waals surface area (Å²) in [5.74, 6) is -0.244. The van der Waals surface area contributed by atoms with Crippen LogP contribution in [0.15, 0.2) is 12.2 Å². The standard InChI is InChI=1S/C16H27NO4S/c1-21-16(18)11-10-13-6-5-9-15(12-13)22(19,20)17-14-7-3-2-4-8-14/h10-11,13-15,17H,2-9,12H2,1H3/b11-10+. The number of carbonyl (C=O) groups excluding carboxylic acids is 1. The summed E-state index contributed by atoms with van der Waals surface area (Å²) in [4.78, 5) is 11.2. The van der Waals surface area contributed by atoms with Gasteiger partial charge in [-0.2, -0.15) is 0 Å². The molecule has 0 amide bonds. The molecule has 2 rings (SSSR count). The minimum absolute atomic E-state index is 0.115. The highest BCUT2D eigenvalue weighted by atomic mass is 32.2. The van der Waals surface area contributed by atoms with Gasteiger partial charge in [-0.15, -0.1) is 0 Å². The second-order valence-corrected chi connectivity index (χ2v) is 8.42. The molecule has 0 aromatic heterocycles. The molecule has 2 fully saturated rings. The molecule has 2 unspecified atom stereocenters. The molecule has 22 heavy (non-hydrogen) atoms. The first-order chi connectivity index (χ1) is 10.5. The van der Waals surface area contributed by atoms with Crippen molar-refractivity contribution in [3.8, 4) is 0 Å². The number of rotatable bonds is 5. The van der Waals surface area contributed by atoms with Crippen LogP contribution in [0.3, 0.4) is 0 Å². The zero-order valence-corrected chi connectivity index (χ0v) is 14.1. The van der Waals surface area contributed by atoms with E-state index >= 15 is 0 Å². The van der Waals surface area contributed by atoms with Crippen molar-refractivity contribution in [1.29, 1.82) is 0 Å². The normalized spacial score (nSPS) is 27.9. The highest BCUT2D eigenvalue weighted by molar-refractivity contribution is 7.90. The molecular formula is C16H27NO4S. The first-order valence-electron chi connectivity index (χ1n) is 8.28. The number of allylic oxidation sites excluding steroid dienone is 1. The monoisotopic (exact) mass is 329 g/mol. The summed E-state index contributed by atoms with van der Waals surface area (Å²) in [5.41, 5.74) is 0. The molecule has 2 aliphatic rings. The van der Waals surface area contributed by atoms with Crippen molar-refractivity contribution in [3.05, 3.63) is 12.2 Å². The zero-order valence-electron chi connectivity index (χ0n) is 13.3. The number of methoxy groups -OCH3 is 1. The van der Waals surface area contributed by atoms with E-state index in [-0.39, 0.29) is 23.2 Å². The Morgan fingerprint density at radius 2 is 1.82 bits per heavy atom. The number of nitrogens with one attached hydrogen (secondary N) is 1. The molecule has 6 heteroatoms. The van der Waals surface area contributed by atoms with Gasteiger partial charge in [0, 0.05) is 12.1 Å². The molecule has 0 aromatic carbocycles. The predicted octanol–water partition coefficient (Wildman–Crippen LogP) is 2.53. The van der Waals surface area contributed by atoms with Crippen molar-refractivity contribution in [1.82, 2.24) is 4.72 Å². The first-order valence-corrected chi connectivity index (χ1v) is 9.83. The van der Waals surface area contributed by atoms with Crippen LogP contribution in [-0.2, 0) is 19.6 Å². The zero-order chi connectivity index (χ0) is 16.0. The summed E-state index contributed by atoms with van der Waals surface area (Å²) in [7, 11) is -1.92. The van der Waals surface area contributed by atoms with Crippen LogP contribution in [0.4, 0.5) is 0 Å². The minimum atomic E-state index is -3.26. The predicted molar refractivity (Wildman–Crippen MR) is 85.8 cm³/mol. The Morgan fingerprint density at radius 3 is 2.50 bits per heavy atom. The van der Waals surface area contributed by atoms with Crippen molar-refractivity contribution < 1.29 is 17.9 Å². The summed E-state index contributed by atoms with van der Waals surface area (Å²) >= 11 is 0. The molecule has 5 nitrogen and oxygen atoms in total. The van der Waals surface area contributed by atoms with Gasteiger partial charge in [0.25, 0.3) is 0 Å². The summed E-state index contributed by atoms with van der Waals surface area (Å²) < 4.78 is 32.6. The molecule has 2 atom stereocenters. The van der Waals surface area contributed by atoms with Crippen LogP contribution in [0.25, 0.3) is 0 Å². The molecule has 0 radical (unpaired) electrons. The highest BCUT2D eigenvalue weighted by Gasteiger charge is 2.32. The van der Waals surface area contributed by atoms with E-state index in [1.165, 1.54) is 19.6 Å². The van der Waals surface area contributed by atoms with Gasteiger partial charge in [0.15, 0.2) is 0 Å². The second kappa shape index (κ2) is 8.11. The fourth-order valence-electron chi connectivity index (χ4n) is 3.47. The highest BCUT2D eigenvalue weighted by Crippen LogP contribution is 2.30.